The van der Waals surface area contributed by atoms with E-state index in [2.05, 4.69) is 15.5 Å². The highest BCUT2D eigenvalue weighted by atomic mass is 35.5. The lowest BCUT2D eigenvalue weighted by molar-refractivity contribution is 0.102. The highest BCUT2D eigenvalue weighted by Crippen LogP contribution is 2.26. The third-order valence-corrected chi connectivity index (χ3v) is 4.86. The standard InChI is InChI=1S/C17H13Cl2N3O2S/c1-24-11-7-5-10(6-8-11)9-14-21-22-17(25-14)20-16(23)15-12(18)3-2-4-13(15)19/h2-8H,9H2,1H3,(H,20,22,23). The van der Waals surface area contributed by atoms with Crippen LogP contribution in [0.2, 0.25) is 10.0 Å². The Bertz CT molecular complexity index is 877. The van der Waals surface area contributed by atoms with Crippen LogP contribution in [0.25, 0.3) is 0 Å². The molecule has 1 heterocycles. The summed E-state index contributed by atoms with van der Waals surface area (Å²) in [6.45, 7) is 0. The minimum absolute atomic E-state index is 0.220. The normalized spacial score (nSPS) is 10.5. The van der Waals surface area contributed by atoms with Crippen molar-refractivity contribution in [3.63, 3.8) is 0 Å². The van der Waals surface area contributed by atoms with E-state index in [4.69, 9.17) is 27.9 Å². The summed E-state index contributed by atoms with van der Waals surface area (Å²) in [6.07, 6.45) is 0.615. The molecule has 0 atom stereocenters. The maximum Gasteiger partial charge on any atom is 0.260 e. The quantitative estimate of drug-likeness (QED) is 0.682. The number of amides is 1. The molecular formula is C17H13Cl2N3O2S. The molecule has 0 fully saturated rings. The number of methoxy groups -OCH3 is 1. The van der Waals surface area contributed by atoms with Gasteiger partial charge in [0, 0.05) is 6.42 Å². The topological polar surface area (TPSA) is 64.1 Å². The van der Waals surface area contributed by atoms with Gasteiger partial charge >= 0.3 is 0 Å². The van der Waals surface area contributed by atoms with Gasteiger partial charge in [0.25, 0.3) is 5.91 Å². The van der Waals surface area contributed by atoms with Crippen LogP contribution in [-0.4, -0.2) is 23.2 Å². The van der Waals surface area contributed by atoms with Crippen molar-refractivity contribution < 1.29 is 9.53 Å². The van der Waals surface area contributed by atoms with Crippen molar-refractivity contribution in [3.05, 3.63) is 68.6 Å². The molecule has 0 aliphatic carbocycles. The van der Waals surface area contributed by atoms with Gasteiger partial charge in [0.1, 0.15) is 10.8 Å². The van der Waals surface area contributed by atoms with Crippen LogP contribution in [0.4, 0.5) is 5.13 Å². The molecule has 3 rings (SSSR count). The number of hydrogen-bond donors (Lipinski definition) is 1. The number of rotatable bonds is 5. The fraction of sp³-hybridized carbons (Fsp3) is 0.118. The first-order valence-electron chi connectivity index (χ1n) is 7.27. The Morgan fingerprint density at radius 1 is 1.12 bits per heavy atom. The molecule has 0 aliphatic rings. The van der Waals surface area contributed by atoms with Crippen molar-refractivity contribution in [3.8, 4) is 5.75 Å². The molecular weight excluding hydrogens is 381 g/mol. The van der Waals surface area contributed by atoms with Crippen molar-refractivity contribution in [1.29, 1.82) is 0 Å². The Labute approximate surface area is 158 Å². The van der Waals surface area contributed by atoms with E-state index in [-0.39, 0.29) is 15.6 Å². The van der Waals surface area contributed by atoms with Gasteiger partial charge in [-0.3, -0.25) is 10.1 Å². The van der Waals surface area contributed by atoms with Crippen LogP contribution < -0.4 is 10.1 Å². The number of benzene rings is 2. The van der Waals surface area contributed by atoms with E-state index in [9.17, 15) is 4.79 Å². The lowest BCUT2D eigenvalue weighted by Gasteiger charge is -2.05. The molecule has 0 bridgehead atoms. The first-order chi connectivity index (χ1) is 12.1. The Balaban J connectivity index is 1.70. The molecule has 3 aromatic rings. The average Bonchev–Trinajstić information content (AvgIpc) is 3.02. The van der Waals surface area contributed by atoms with Crippen molar-refractivity contribution >= 4 is 45.6 Å². The van der Waals surface area contributed by atoms with Gasteiger partial charge in [-0.25, -0.2) is 0 Å². The Morgan fingerprint density at radius 3 is 2.44 bits per heavy atom. The summed E-state index contributed by atoms with van der Waals surface area (Å²) in [5.41, 5.74) is 1.29. The zero-order chi connectivity index (χ0) is 17.8. The third-order valence-electron chi connectivity index (χ3n) is 3.39. The number of carbonyl (C=O) groups excluding carboxylic acids is 1. The van der Waals surface area contributed by atoms with Crippen molar-refractivity contribution in [1.82, 2.24) is 10.2 Å². The molecule has 8 heteroatoms. The van der Waals surface area contributed by atoms with Crippen LogP contribution in [0.15, 0.2) is 42.5 Å². The molecule has 1 N–H and O–H groups in total. The van der Waals surface area contributed by atoms with Crippen LogP contribution in [0.3, 0.4) is 0 Å². The summed E-state index contributed by atoms with van der Waals surface area (Å²) in [5, 5.41) is 12.5. The molecule has 128 valence electrons. The predicted molar refractivity (Wildman–Crippen MR) is 100 cm³/mol. The van der Waals surface area contributed by atoms with E-state index in [1.54, 1.807) is 25.3 Å². The van der Waals surface area contributed by atoms with Gasteiger partial charge in [-0.2, -0.15) is 0 Å². The highest BCUT2D eigenvalue weighted by Gasteiger charge is 2.16. The molecule has 25 heavy (non-hydrogen) atoms. The lowest BCUT2D eigenvalue weighted by Crippen LogP contribution is -2.12. The molecule has 2 aromatic carbocycles. The minimum atomic E-state index is -0.414. The Morgan fingerprint density at radius 2 is 1.80 bits per heavy atom. The fourth-order valence-corrected chi connectivity index (χ4v) is 3.51. The van der Waals surface area contributed by atoms with Crippen molar-refractivity contribution in [2.24, 2.45) is 0 Å². The molecule has 0 aliphatic heterocycles. The molecule has 0 spiro atoms. The van der Waals surface area contributed by atoms with Crippen LogP contribution >= 0.6 is 34.5 Å². The van der Waals surface area contributed by atoms with E-state index >= 15 is 0 Å². The molecule has 0 unspecified atom stereocenters. The SMILES string of the molecule is COc1ccc(Cc2nnc(NC(=O)c3c(Cl)cccc3Cl)s2)cc1. The first-order valence-corrected chi connectivity index (χ1v) is 8.84. The summed E-state index contributed by atoms with van der Waals surface area (Å²) in [5.74, 6) is 0.383. The number of carbonyl (C=O) groups is 1. The van der Waals surface area contributed by atoms with Gasteiger partial charge in [-0.15, -0.1) is 10.2 Å². The molecule has 0 saturated heterocycles. The second-order valence-corrected chi connectivity index (χ2v) is 6.95. The smallest absolute Gasteiger partial charge is 0.260 e. The third kappa shape index (κ3) is 4.28. The van der Waals surface area contributed by atoms with Crippen molar-refractivity contribution in [2.75, 3.05) is 12.4 Å². The fourth-order valence-electron chi connectivity index (χ4n) is 2.17. The summed E-state index contributed by atoms with van der Waals surface area (Å²) in [6, 6.07) is 12.6. The van der Waals surface area contributed by atoms with E-state index in [0.29, 0.717) is 11.6 Å². The maximum atomic E-state index is 12.3. The first kappa shape index (κ1) is 17.7. The van der Waals surface area contributed by atoms with Crippen molar-refractivity contribution in [2.45, 2.75) is 6.42 Å². The van der Waals surface area contributed by atoms with Crippen LogP contribution in [0, 0.1) is 0 Å². The second kappa shape index (κ2) is 7.82. The second-order valence-electron chi connectivity index (χ2n) is 5.08. The molecule has 1 aromatic heterocycles. The van der Waals surface area contributed by atoms with Gasteiger partial charge in [-0.05, 0) is 29.8 Å². The largest absolute Gasteiger partial charge is 0.497 e. The van der Waals surface area contributed by atoms with Gasteiger partial charge in [0.2, 0.25) is 5.13 Å². The minimum Gasteiger partial charge on any atom is -0.497 e. The number of anilines is 1. The summed E-state index contributed by atoms with van der Waals surface area (Å²) in [7, 11) is 1.62. The Hall–Kier alpha value is -2.15. The van der Waals surface area contributed by atoms with Crippen LogP contribution in [0.5, 0.6) is 5.75 Å². The van der Waals surface area contributed by atoms with E-state index < -0.39 is 5.91 Å². The van der Waals surface area contributed by atoms with Gasteiger partial charge in [-0.1, -0.05) is 52.7 Å². The molecule has 5 nitrogen and oxygen atoms in total. The number of ether oxygens (including phenoxy) is 1. The van der Waals surface area contributed by atoms with E-state index in [1.807, 2.05) is 24.3 Å². The van der Waals surface area contributed by atoms with Crippen LogP contribution in [0.1, 0.15) is 20.9 Å². The number of hydrogen-bond acceptors (Lipinski definition) is 5. The summed E-state index contributed by atoms with van der Waals surface area (Å²) in [4.78, 5) is 12.3. The van der Waals surface area contributed by atoms with E-state index in [0.717, 1.165) is 16.3 Å². The number of aromatic nitrogens is 2. The number of halogens is 2. The average molecular weight is 394 g/mol. The van der Waals surface area contributed by atoms with Crippen LogP contribution in [-0.2, 0) is 6.42 Å². The summed E-state index contributed by atoms with van der Waals surface area (Å²) >= 11 is 13.4. The zero-order valence-corrected chi connectivity index (χ0v) is 15.5. The molecule has 0 radical (unpaired) electrons. The lowest BCUT2D eigenvalue weighted by atomic mass is 10.1. The van der Waals surface area contributed by atoms with E-state index in [1.165, 1.54) is 11.3 Å². The Kier molecular flexibility index (Phi) is 5.53. The maximum absolute atomic E-state index is 12.3. The zero-order valence-electron chi connectivity index (χ0n) is 13.1. The number of nitrogens with one attached hydrogen (secondary N) is 1. The number of nitrogens with zero attached hydrogens (tertiary/aromatic N) is 2. The van der Waals surface area contributed by atoms with Gasteiger partial charge < -0.3 is 4.74 Å². The molecule has 0 saturated carbocycles. The summed E-state index contributed by atoms with van der Waals surface area (Å²) < 4.78 is 5.13. The monoisotopic (exact) mass is 393 g/mol. The van der Waals surface area contributed by atoms with Gasteiger partial charge in [0.15, 0.2) is 0 Å². The van der Waals surface area contributed by atoms with Gasteiger partial charge in [0.05, 0.1) is 22.7 Å². The highest BCUT2D eigenvalue weighted by molar-refractivity contribution is 7.15. The molecule has 1 amide bonds. The predicted octanol–water partition coefficient (Wildman–Crippen LogP) is 4.70.